The third-order valence-corrected chi connectivity index (χ3v) is 4.16. The quantitative estimate of drug-likeness (QED) is 0.687. The first kappa shape index (κ1) is 11.8. The zero-order valence-corrected chi connectivity index (χ0v) is 11.4. The summed E-state index contributed by atoms with van der Waals surface area (Å²) in [6, 6.07) is 10.4. The van der Waals surface area contributed by atoms with Gasteiger partial charge < -0.3 is 5.11 Å². The Morgan fingerprint density at radius 2 is 1.89 bits per heavy atom. The van der Waals surface area contributed by atoms with E-state index in [0.717, 1.165) is 20.8 Å². The predicted molar refractivity (Wildman–Crippen MR) is 76.7 cm³/mol. The first-order valence-electron chi connectivity index (χ1n) is 5.18. The first-order valence-corrected chi connectivity index (χ1v) is 6.76. The number of nitrogens with zero attached hydrogens (tertiary/aromatic N) is 1. The molecular formula is C13H7Cl2NOS. The van der Waals surface area contributed by atoms with E-state index in [9.17, 15) is 5.11 Å². The van der Waals surface area contributed by atoms with E-state index in [1.165, 1.54) is 11.3 Å². The van der Waals surface area contributed by atoms with Crippen LogP contribution in [0.1, 0.15) is 0 Å². The normalized spacial score (nSPS) is 11.0. The summed E-state index contributed by atoms with van der Waals surface area (Å²) in [6.07, 6.45) is 0. The smallest absolute Gasteiger partial charge is 0.126 e. The molecule has 0 saturated carbocycles. The van der Waals surface area contributed by atoms with Crippen LogP contribution >= 0.6 is 34.5 Å². The first-order chi connectivity index (χ1) is 8.63. The van der Waals surface area contributed by atoms with E-state index in [-0.39, 0.29) is 5.75 Å². The maximum Gasteiger partial charge on any atom is 0.126 e. The number of halogens is 2. The number of aromatic hydroxyl groups is 1. The highest BCUT2D eigenvalue weighted by molar-refractivity contribution is 7.21. The number of benzene rings is 2. The van der Waals surface area contributed by atoms with E-state index in [1.54, 1.807) is 18.2 Å². The van der Waals surface area contributed by atoms with Gasteiger partial charge >= 0.3 is 0 Å². The van der Waals surface area contributed by atoms with Gasteiger partial charge in [-0.3, -0.25) is 0 Å². The average molecular weight is 296 g/mol. The Kier molecular flexibility index (Phi) is 2.90. The van der Waals surface area contributed by atoms with Gasteiger partial charge in [-0.15, -0.1) is 11.3 Å². The van der Waals surface area contributed by atoms with Crippen LogP contribution in [0.2, 0.25) is 10.0 Å². The molecule has 0 atom stereocenters. The lowest BCUT2D eigenvalue weighted by Gasteiger charge is -2.00. The van der Waals surface area contributed by atoms with E-state index >= 15 is 0 Å². The summed E-state index contributed by atoms with van der Waals surface area (Å²) >= 11 is 13.6. The Morgan fingerprint density at radius 1 is 1.06 bits per heavy atom. The minimum absolute atomic E-state index is 0.173. The van der Waals surface area contributed by atoms with Crippen LogP contribution in [-0.2, 0) is 0 Å². The van der Waals surface area contributed by atoms with Crippen molar-refractivity contribution in [1.29, 1.82) is 0 Å². The number of phenolic OH excluding ortho intramolecular Hbond substituents is 1. The Bertz CT molecular complexity index is 739. The minimum atomic E-state index is 0.173. The zero-order chi connectivity index (χ0) is 12.7. The average Bonchev–Trinajstić information content (AvgIpc) is 2.74. The predicted octanol–water partition coefficient (Wildman–Crippen LogP) is 4.98. The fraction of sp³-hybridized carbons (Fsp3) is 0. The highest BCUT2D eigenvalue weighted by Gasteiger charge is 2.10. The molecule has 1 N–H and O–H groups in total. The molecule has 0 aliphatic carbocycles. The Hall–Kier alpha value is -1.29. The highest BCUT2D eigenvalue weighted by atomic mass is 35.5. The summed E-state index contributed by atoms with van der Waals surface area (Å²) in [5, 5.41) is 11.5. The number of aromatic nitrogens is 1. The summed E-state index contributed by atoms with van der Waals surface area (Å²) in [5.41, 5.74) is 1.57. The number of fused-ring (bicyclic) bond motifs is 1. The van der Waals surface area contributed by atoms with E-state index in [1.807, 2.05) is 18.2 Å². The van der Waals surface area contributed by atoms with Crippen LogP contribution < -0.4 is 0 Å². The Balaban J connectivity index is 2.22. The van der Waals surface area contributed by atoms with Gasteiger partial charge in [0.05, 0.1) is 15.2 Å². The fourth-order valence-corrected chi connectivity index (χ4v) is 3.10. The topological polar surface area (TPSA) is 33.1 Å². The molecule has 1 aromatic heterocycles. The summed E-state index contributed by atoms with van der Waals surface area (Å²) in [7, 11) is 0. The zero-order valence-electron chi connectivity index (χ0n) is 9.02. The van der Waals surface area contributed by atoms with Crippen LogP contribution in [0.5, 0.6) is 5.75 Å². The van der Waals surface area contributed by atoms with Crippen LogP contribution in [0.25, 0.3) is 20.8 Å². The van der Waals surface area contributed by atoms with Gasteiger partial charge in [0, 0.05) is 10.6 Å². The molecule has 0 aliphatic rings. The van der Waals surface area contributed by atoms with E-state index < -0.39 is 0 Å². The summed E-state index contributed by atoms with van der Waals surface area (Å²) in [4.78, 5) is 4.48. The van der Waals surface area contributed by atoms with Crippen LogP contribution in [0, 0.1) is 0 Å². The van der Waals surface area contributed by atoms with Crippen molar-refractivity contribution in [3.63, 3.8) is 0 Å². The molecule has 0 aliphatic heterocycles. The maximum atomic E-state index is 9.51. The van der Waals surface area contributed by atoms with Crippen molar-refractivity contribution >= 4 is 44.8 Å². The number of phenols is 1. The molecule has 1 heterocycles. The standard InChI is InChI=1S/C13H7Cl2NOS/c14-7-1-4-12-11(5-7)16-13(18-12)9-6-8(17)2-3-10(9)15/h1-6,17H. The van der Waals surface area contributed by atoms with Gasteiger partial charge in [-0.1, -0.05) is 23.2 Å². The van der Waals surface area contributed by atoms with Gasteiger partial charge in [-0.2, -0.15) is 0 Å². The molecule has 90 valence electrons. The maximum absolute atomic E-state index is 9.51. The fourth-order valence-electron chi connectivity index (χ4n) is 1.69. The molecule has 2 nitrogen and oxygen atoms in total. The number of hydrogen-bond acceptors (Lipinski definition) is 3. The molecule has 0 bridgehead atoms. The number of hydrogen-bond donors (Lipinski definition) is 1. The Morgan fingerprint density at radius 3 is 2.72 bits per heavy atom. The minimum Gasteiger partial charge on any atom is -0.508 e. The van der Waals surface area contributed by atoms with Gasteiger partial charge in [-0.05, 0) is 36.4 Å². The second kappa shape index (κ2) is 4.43. The molecule has 3 aromatic rings. The van der Waals surface area contributed by atoms with Crippen LogP contribution in [-0.4, -0.2) is 10.1 Å². The second-order valence-corrected chi connectivity index (χ2v) is 5.67. The molecule has 0 amide bonds. The van der Waals surface area contributed by atoms with Gasteiger partial charge in [0.15, 0.2) is 0 Å². The van der Waals surface area contributed by atoms with E-state index in [4.69, 9.17) is 23.2 Å². The lowest BCUT2D eigenvalue weighted by Crippen LogP contribution is -1.78. The molecule has 0 unspecified atom stereocenters. The lowest BCUT2D eigenvalue weighted by atomic mass is 10.2. The van der Waals surface area contributed by atoms with Crippen molar-refractivity contribution in [2.45, 2.75) is 0 Å². The van der Waals surface area contributed by atoms with Gasteiger partial charge in [0.1, 0.15) is 10.8 Å². The molecule has 2 aromatic carbocycles. The van der Waals surface area contributed by atoms with Gasteiger partial charge in [-0.25, -0.2) is 4.98 Å². The molecule has 0 fully saturated rings. The van der Waals surface area contributed by atoms with Crippen LogP contribution in [0.3, 0.4) is 0 Å². The summed E-state index contributed by atoms with van der Waals surface area (Å²) in [5.74, 6) is 0.173. The van der Waals surface area contributed by atoms with Crippen molar-refractivity contribution in [2.75, 3.05) is 0 Å². The molecule has 0 radical (unpaired) electrons. The number of rotatable bonds is 1. The van der Waals surface area contributed by atoms with Crippen LogP contribution in [0.15, 0.2) is 36.4 Å². The van der Waals surface area contributed by atoms with Gasteiger partial charge in [0.2, 0.25) is 0 Å². The van der Waals surface area contributed by atoms with Crippen molar-refractivity contribution in [3.8, 4) is 16.3 Å². The number of thiazole rings is 1. The molecule has 0 spiro atoms. The third-order valence-electron chi connectivity index (χ3n) is 2.53. The molecular weight excluding hydrogens is 289 g/mol. The monoisotopic (exact) mass is 295 g/mol. The van der Waals surface area contributed by atoms with E-state index in [2.05, 4.69) is 4.98 Å². The van der Waals surface area contributed by atoms with Crippen LogP contribution in [0.4, 0.5) is 0 Å². The lowest BCUT2D eigenvalue weighted by molar-refractivity contribution is 0.475. The molecule has 3 rings (SSSR count). The van der Waals surface area contributed by atoms with Gasteiger partial charge in [0.25, 0.3) is 0 Å². The second-order valence-electron chi connectivity index (χ2n) is 3.80. The van der Waals surface area contributed by atoms with Crippen molar-refractivity contribution in [2.24, 2.45) is 0 Å². The summed E-state index contributed by atoms with van der Waals surface area (Å²) in [6.45, 7) is 0. The molecule has 18 heavy (non-hydrogen) atoms. The highest BCUT2D eigenvalue weighted by Crippen LogP contribution is 2.36. The van der Waals surface area contributed by atoms with Crippen molar-refractivity contribution < 1.29 is 5.11 Å². The summed E-state index contributed by atoms with van der Waals surface area (Å²) < 4.78 is 1.04. The molecule has 5 heteroatoms. The Labute approximate surface area is 117 Å². The largest absolute Gasteiger partial charge is 0.508 e. The van der Waals surface area contributed by atoms with E-state index in [0.29, 0.717) is 10.0 Å². The molecule has 0 saturated heterocycles. The van der Waals surface area contributed by atoms with Crippen molar-refractivity contribution in [3.05, 3.63) is 46.4 Å². The SMILES string of the molecule is Oc1ccc(Cl)c(-c2nc3cc(Cl)ccc3s2)c1. The third kappa shape index (κ3) is 2.05. The van der Waals surface area contributed by atoms with Crippen molar-refractivity contribution in [1.82, 2.24) is 4.98 Å².